The van der Waals surface area contributed by atoms with Crippen molar-refractivity contribution in [1.82, 2.24) is 15.5 Å². The lowest BCUT2D eigenvalue weighted by molar-refractivity contribution is -0.142. The van der Waals surface area contributed by atoms with Crippen molar-refractivity contribution in [2.24, 2.45) is 5.41 Å². The smallest absolute Gasteiger partial charge is 0.243 e. The monoisotopic (exact) mass is 443 g/mol. The Morgan fingerprint density at radius 3 is 2.41 bits per heavy atom. The lowest BCUT2D eigenvalue weighted by Crippen LogP contribution is -2.58. The zero-order chi connectivity index (χ0) is 24.1. The third kappa shape index (κ3) is 6.55. The molecule has 2 amide bonds. The summed E-state index contributed by atoms with van der Waals surface area (Å²) in [6.45, 7) is 10.3. The highest BCUT2D eigenvalue weighted by atomic mass is 16.5. The molecule has 32 heavy (non-hydrogen) atoms. The van der Waals surface area contributed by atoms with Gasteiger partial charge in [-0.1, -0.05) is 52.7 Å². The lowest BCUT2D eigenvalue weighted by Gasteiger charge is -2.36. The number of hydrogen-bond acceptors (Lipinski definition) is 5. The van der Waals surface area contributed by atoms with Crippen molar-refractivity contribution in [1.29, 1.82) is 0 Å². The number of likely N-dealkylation sites (tertiary alicyclic amines) is 1. The Labute approximate surface area is 191 Å². The van der Waals surface area contributed by atoms with Crippen LogP contribution in [0.2, 0.25) is 0 Å². The highest BCUT2D eigenvalue weighted by molar-refractivity contribution is 5.91. The average Bonchev–Trinajstić information content (AvgIpc) is 3.12. The van der Waals surface area contributed by atoms with Gasteiger partial charge in [-0.2, -0.15) is 0 Å². The molecule has 1 aromatic carbocycles. The van der Waals surface area contributed by atoms with Crippen LogP contribution in [0.25, 0.3) is 0 Å². The number of aliphatic hydroxyl groups is 1. The number of ether oxygens (including phenoxy) is 1. The third-order valence-electron chi connectivity index (χ3n) is 5.61. The Morgan fingerprint density at radius 2 is 1.91 bits per heavy atom. The van der Waals surface area contributed by atoms with Crippen molar-refractivity contribution in [2.75, 3.05) is 20.3 Å². The molecule has 1 saturated heterocycles. The summed E-state index contributed by atoms with van der Waals surface area (Å²) in [4.78, 5) is 28.2. The summed E-state index contributed by atoms with van der Waals surface area (Å²) in [6.07, 6.45) is 4.88. The predicted octanol–water partition coefficient (Wildman–Crippen LogP) is 1.85. The predicted molar refractivity (Wildman–Crippen MR) is 125 cm³/mol. The van der Waals surface area contributed by atoms with E-state index in [1.807, 2.05) is 58.9 Å². The lowest BCUT2D eigenvalue weighted by atomic mass is 9.85. The molecular weight excluding hydrogens is 406 g/mol. The largest absolute Gasteiger partial charge is 0.391 e. The van der Waals surface area contributed by atoms with E-state index >= 15 is 0 Å². The van der Waals surface area contributed by atoms with Gasteiger partial charge in [-0.25, -0.2) is 0 Å². The van der Waals surface area contributed by atoms with Crippen molar-refractivity contribution < 1.29 is 19.4 Å². The van der Waals surface area contributed by atoms with Gasteiger partial charge in [0.15, 0.2) is 0 Å². The van der Waals surface area contributed by atoms with Gasteiger partial charge < -0.3 is 25.4 Å². The van der Waals surface area contributed by atoms with Gasteiger partial charge in [-0.05, 0) is 23.1 Å². The second-order valence-electron chi connectivity index (χ2n) is 9.80. The number of nitrogens with one attached hydrogen (secondary N) is 2. The van der Waals surface area contributed by atoms with E-state index in [1.165, 1.54) is 4.90 Å². The van der Waals surface area contributed by atoms with E-state index in [4.69, 9.17) is 11.2 Å². The number of amides is 2. The summed E-state index contributed by atoms with van der Waals surface area (Å²) in [5.41, 5.74) is 1.25. The number of aliphatic hydroxyl groups excluding tert-OH is 1. The highest BCUT2D eigenvalue weighted by Crippen LogP contribution is 2.27. The molecule has 0 bridgehead atoms. The molecule has 0 spiro atoms. The van der Waals surface area contributed by atoms with Crippen LogP contribution in [-0.4, -0.2) is 66.3 Å². The van der Waals surface area contributed by atoms with E-state index in [1.54, 1.807) is 7.11 Å². The number of rotatable bonds is 8. The zero-order valence-electron chi connectivity index (χ0n) is 20.0. The van der Waals surface area contributed by atoms with E-state index in [0.717, 1.165) is 11.1 Å². The Kier molecular flexibility index (Phi) is 8.85. The summed E-state index contributed by atoms with van der Waals surface area (Å²) >= 11 is 0. The van der Waals surface area contributed by atoms with E-state index in [0.29, 0.717) is 0 Å². The van der Waals surface area contributed by atoms with Gasteiger partial charge in [0.25, 0.3) is 0 Å². The first-order valence-corrected chi connectivity index (χ1v) is 11.1. The van der Waals surface area contributed by atoms with Gasteiger partial charge in [0.1, 0.15) is 6.04 Å². The van der Waals surface area contributed by atoms with Crippen LogP contribution in [0.1, 0.15) is 58.2 Å². The van der Waals surface area contributed by atoms with Gasteiger partial charge in [0.05, 0.1) is 24.8 Å². The molecule has 4 atom stereocenters. The molecule has 1 fully saturated rings. The molecule has 0 unspecified atom stereocenters. The van der Waals surface area contributed by atoms with Gasteiger partial charge >= 0.3 is 0 Å². The van der Waals surface area contributed by atoms with Crippen LogP contribution in [0.5, 0.6) is 0 Å². The minimum absolute atomic E-state index is 0.0973. The molecule has 7 heteroatoms. The van der Waals surface area contributed by atoms with E-state index in [9.17, 15) is 14.7 Å². The molecule has 3 N–H and O–H groups in total. The molecular formula is C25H37N3O4. The summed E-state index contributed by atoms with van der Waals surface area (Å²) < 4.78 is 5.31. The van der Waals surface area contributed by atoms with Crippen LogP contribution < -0.4 is 10.6 Å². The molecule has 1 aliphatic heterocycles. The van der Waals surface area contributed by atoms with Gasteiger partial charge in [0.2, 0.25) is 11.8 Å². The molecule has 0 saturated carbocycles. The van der Waals surface area contributed by atoms with Crippen LogP contribution in [0.15, 0.2) is 24.3 Å². The summed E-state index contributed by atoms with van der Waals surface area (Å²) in [5, 5.41) is 16.6. The molecule has 1 aromatic rings. The topological polar surface area (TPSA) is 90.9 Å². The fraction of sp³-hybridized carbons (Fsp3) is 0.600. The standard InChI is InChI=1S/C25H37N3O4/c1-8-17-9-11-18(12-10-17)20(15-32-7)27-23(30)21-13-19(29)14-28(21)24(31)22(25(4,5)6)26-16(2)3/h1,9-12,16,19-22,26,29H,13-15H2,2-7H3,(H,27,30)/t19-,20-,21+,22-/m1/s1. The Morgan fingerprint density at radius 1 is 1.28 bits per heavy atom. The third-order valence-corrected chi connectivity index (χ3v) is 5.61. The maximum atomic E-state index is 13.5. The average molecular weight is 444 g/mol. The Bertz CT molecular complexity index is 823. The molecule has 0 aliphatic carbocycles. The van der Waals surface area contributed by atoms with E-state index < -0.39 is 24.2 Å². The molecule has 0 aromatic heterocycles. The highest BCUT2D eigenvalue weighted by Gasteiger charge is 2.44. The van der Waals surface area contributed by atoms with Crippen molar-refractivity contribution in [3.05, 3.63) is 35.4 Å². The Balaban J connectivity index is 2.23. The van der Waals surface area contributed by atoms with E-state index in [2.05, 4.69) is 16.6 Å². The minimum atomic E-state index is -0.749. The first-order chi connectivity index (χ1) is 15.0. The Hall–Kier alpha value is -2.40. The number of β-amino-alcohol motifs (C(OH)–C–C–N with tert-alkyl or cyclic N) is 1. The SMILES string of the molecule is C#Cc1ccc([C@@H](COC)NC(=O)[C@@H]2C[C@@H](O)CN2C(=O)[C@@H](NC(C)C)C(C)(C)C)cc1. The number of terminal acetylenes is 1. The normalized spacial score (nSPS) is 20.7. The van der Waals surface area contributed by atoms with Crippen molar-refractivity contribution in [2.45, 2.75) is 71.3 Å². The second-order valence-corrected chi connectivity index (χ2v) is 9.80. The number of nitrogens with zero attached hydrogens (tertiary/aromatic N) is 1. The second kappa shape index (κ2) is 11.0. The zero-order valence-corrected chi connectivity index (χ0v) is 20.0. The minimum Gasteiger partial charge on any atom is -0.391 e. The van der Waals surface area contributed by atoms with Crippen molar-refractivity contribution in [3.63, 3.8) is 0 Å². The molecule has 0 radical (unpaired) electrons. The van der Waals surface area contributed by atoms with Gasteiger partial charge in [-0.3, -0.25) is 9.59 Å². The molecule has 176 valence electrons. The summed E-state index contributed by atoms with van der Waals surface area (Å²) in [7, 11) is 1.57. The van der Waals surface area contributed by atoms with Crippen molar-refractivity contribution in [3.8, 4) is 12.3 Å². The fourth-order valence-electron chi connectivity index (χ4n) is 3.96. The van der Waals surface area contributed by atoms with Crippen LogP contribution in [-0.2, 0) is 14.3 Å². The van der Waals surface area contributed by atoms with Gasteiger partial charge in [-0.15, -0.1) is 6.42 Å². The van der Waals surface area contributed by atoms with Gasteiger partial charge in [0, 0.05) is 31.7 Å². The van der Waals surface area contributed by atoms with E-state index in [-0.39, 0.29) is 42.8 Å². The maximum Gasteiger partial charge on any atom is 0.243 e. The van der Waals surface area contributed by atoms with Crippen LogP contribution >= 0.6 is 0 Å². The number of benzene rings is 1. The van der Waals surface area contributed by atoms with Crippen molar-refractivity contribution >= 4 is 11.8 Å². The molecule has 2 rings (SSSR count). The number of carbonyl (C=O) groups is 2. The van der Waals surface area contributed by atoms with Crippen LogP contribution in [0, 0.1) is 17.8 Å². The first kappa shape index (κ1) is 25.9. The molecule has 7 nitrogen and oxygen atoms in total. The first-order valence-electron chi connectivity index (χ1n) is 11.1. The fourth-order valence-corrected chi connectivity index (χ4v) is 3.96. The number of hydrogen-bond donors (Lipinski definition) is 3. The summed E-state index contributed by atoms with van der Waals surface area (Å²) in [5.74, 6) is 2.09. The quantitative estimate of drug-likeness (QED) is 0.534. The van der Waals surface area contributed by atoms with Crippen LogP contribution in [0.3, 0.4) is 0 Å². The molecule has 1 heterocycles. The number of methoxy groups -OCH3 is 1. The summed E-state index contributed by atoms with van der Waals surface area (Å²) in [6, 6.07) is 5.80. The van der Waals surface area contributed by atoms with Crippen LogP contribution in [0.4, 0.5) is 0 Å². The number of carbonyl (C=O) groups excluding carboxylic acids is 2. The molecule has 1 aliphatic rings. The maximum absolute atomic E-state index is 13.5.